The van der Waals surface area contributed by atoms with Crippen molar-refractivity contribution in [3.63, 3.8) is 0 Å². The third-order valence-electron chi connectivity index (χ3n) is 12.1. The van der Waals surface area contributed by atoms with Crippen LogP contribution in [-0.2, 0) is 16.2 Å². The number of benzene rings is 6. The largest absolute Gasteiger partial charge is 0.457 e. The average Bonchev–Trinajstić information content (AvgIpc) is 3.89. The van der Waals surface area contributed by atoms with Gasteiger partial charge in [0.25, 0.3) is 0 Å². The molecule has 6 aromatic carbocycles. The van der Waals surface area contributed by atoms with Crippen LogP contribution in [0.4, 0.5) is 22.7 Å². The van der Waals surface area contributed by atoms with Crippen molar-refractivity contribution in [1.29, 1.82) is 0 Å². The van der Waals surface area contributed by atoms with Gasteiger partial charge in [0.15, 0.2) is 5.58 Å². The monoisotopic (exact) mass is 788 g/mol. The summed E-state index contributed by atoms with van der Waals surface area (Å²) in [5, 5.41) is 4.41. The van der Waals surface area contributed by atoms with E-state index in [1.54, 1.807) is 0 Å². The van der Waals surface area contributed by atoms with Crippen LogP contribution in [0.3, 0.4) is 0 Å². The van der Waals surface area contributed by atoms with Gasteiger partial charge in [0.05, 0.1) is 22.3 Å². The van der Waals surface area contributed by atoms with Crippen molar-refractivity contribution in [1.82, 2.24) is 9.55 Å². The summed E-state index contributed by atoms with van der Waals surface area (Å²) >= 11 is 0. The molecule has 0 unspecified atom stereocenters. The highest BCUT2D eigenvalue weighted by atomic mass is 16.5. The Balaban J connectivity index is 1.11. The van der Waals surface area contributed by atoms with Crippen molar-refractivity contribution in [2.45, 2.75) is 78.6 Å². The Kier molecular flexibility index (Phi) is 8.49. The lowest BCUT2D eigenvalue weighted by molar-refractivity contribution is 0.479. The molecule has 0 saturated heterocycles. The summed E-state index contributed by atoms with van der Waals surface area (Å²) in [5.41, 5.74) is 11.9. The number of para-hydroxylation sites is 2. The number of hydrogen-bond acceptors (Lipinski definition) is 5. The van der Waals surface area contributed by atoms with Gasteiger partial charge < -0.3 is 19.0 Å². The van der Waals surface area contributed by atoms with E-state index in [-0.39, 0.29) is 16.2 Å². The number of rotatable bonds is 5. The second-order valence-corrected chi connectivity index (χ2v) is 19.5. The zero-order valence-corrected chi connectivity index (χ0v) is 36.1. The van der Waals surface area contributed by atoms with Gasteiger partial charge in [-0.2, -0.15) is 0 Å². The van der Waals surface area contributed by atoms with Crippen LogP contribution < -0.4 is 14.5 Å². The Bertz CT molecular complexity index is 3130. The van der Waals surface area contributed by atoms with Crippen molar-refractivity contribution in [2.24, 2.45) is 0 Å². The number of anilines is 4. The minimum atomic E-state index is -0.120. The van der Waals surface area contributed by atoms with E-state index in [0.29, 0.717) is 6.67 Å². The summed E-state index contributed by atoms with van der Waals surface area (Å²) in [6.07, 6.45) is 1.92. The van der Waals surface area contributed by atoms with Crippen LogP contribution in [0.15, 0.2) is 144 Å². The Morgan fingerprint density at radius 3 is 1.98 bits per heavy atom. The minimum absolute atomic E-state index is 0.0475. The summed E-state index contributed by atoms with van der Waals surface area (Å²) < 4.78 is 16.0. The molecule has 9 aromatic rings. The number of hydrogen-bond donors (Lipinski definition) is 0. The van der Waals surface area contributed by atoms with E-state index in [1.807, 2.05) is 6.20 Å². The predicted molar refractivity (Wildman–Crippen MR) is 250 cm³/mol. The highest BCUT2D eigenvalue weighted by Gasteiger charge is 2.30. The summed E-state index contributed by atoms with van der Waals surface area (Å²) in [4.78, 5) is 9.83. The molecule has 0 amide bonds. The van der Waals surface area contributed by atoms with Crippen LogP contribution in [0.1, 0.15) is 79.0 Å². The van der Waals surface area contributed by atoms with Crippen molar-refractivity contribution in [3.05, 3.63) is 156 Å². The van der Waals surface area contributed by atoms with Crippen molar-refractivity contribution in [3.8, 4) is 17.3 Å². The summed E-state index contributed by atoms with van der Waals surface area (Å²) in [6, 6.07) is 47.8. The third-order valence-corrected chi connectivity index (χ3v) is 12.1. The van der Waals surface area contributed by atoms with Crippen molar-refractivity contribution < 1.29 is 9.15 Å². The van der Waals surface area contributed by atoms with E-state index >= 15 is 0 Å². The highest BCUT2D eigenvalue weighted by Crippen LogP contribution is 2.47. The topological polar surface area (TPSA) is 46.7 Å². The van der Waals surface area contributed by atoms with Gasteiger partial charge in [-0.05, 0) is 110 Å². The zero-order chi connectivity index (χ0) is 41.7. The molecule has 1 aliphatic heterocycles. The van der Waals surface area contributed by atoms with Crippen molar-refractivity contribution in [2.75, 3.05) is 16.5 Å². The second kappa shape index (κ2) is 13.5. The fraction of sp³-hybridized carbons (Fsp3) is 0.241. The summed E-state index contributed by atoms with van der Waals surface area (Å²) in [5.74, 6) is 2.37. The molecular formula is C54H52N4O2. The maximum absolute atomic E-state index is 6.97. The quantitative estimate of drug-likeness (QED) is 0.174. The van der Waals surface area contributed by atoms with Crippen LogP contribution in [0, 0.1) is 0 Å². The maximum Gasteiger partial charge on any atom is 0.161 e. The Morgan fingerprint density at radius 2 is 1.23 bits per heavy atom. The standard InChI is InChI=1S/C54H52N4O2/c1-52(2,3)35-16-14-17-38(27-35)56-33-57(45-20-13-12-19-44(45)56)39-28-37(54(7,8)9)29-41(31-39)59-40-22-23-43-46(32-40)58(48-30-36(25-26-55-48)53(4,5)6)50-49-42-18-11-10-15-34(42)21-24-47(49)60-51(43)50/h10-32H,33H2,1-9H3. The van der Waals surface area contributed by atoms with Gasteiger partial charge in [-0.15, -0.1) is 0 Å². The average molecular weight is 789 g/mol. The normalized spacial score (nSPS) is 13.6. The molecule has 0 spiro atoms. The molecule has 0 saturated carbocycles. The zero-order valence-electron chi connectivity index (χ0n) is 36.1. The molecule has 3 aromatic heterocycles. The summed E-state index contributed by atoms with van der Waals surface area (Å²) in [6.45, 7) is 21.0. The first-order valence-corrected chi connectivity index (χ1v) is 21.1. The predicted octanol–water partition coefficient (Wildman–Crippen LogP) is 15.0. The molecule has 0 radical (unpaired) electrons. The van der Waals surface area contributed by atoms with E-state index < -0.39 is 0 Å². The Labute approximate surface area is 352 Å². The highest BCUT2D eigenvalue weighted by molar-refractivity contribution is 6.24. The number of pyridine rings is 1. The third kappa shape index (κ3) is 6.37. The molecule has 1 aliphatic rings. The fourth-order valence-electron chi connectivity index (χ4n) is 8.73. The molecule has 0 aliphatic carbocycles. The summed E-state index contributed by atoms with van der Waals surface area (Å²) in [7, 11) is 0. The number of nitrogens with zero attached hydrogens (tertiary/aromatic N) is 4. The molecule has 4 heterocycles. The van der Waals surface area contributed by atoms with Gasteiger partial charge in [0.1, 0.15) is 35.1 Å². The Hall–Kier alpha value is -6.53. The minimum Gasteiger partial charge on any atom is -0.457 e. The molecule has 10 rings (SSSR count). The fourth-order valence-corrected chi connectivity index (χ4v) is 8.73. The maximum atomic E-state index is 6.97. The van der Waals surface area contributed by atoms with Crippen LogP contribution in [0.25, 0.3) is 49.6 Å². The first-order chi connectivity index (χ1) is 28.6. The number of furan rings is 1. The van der Waals surface area contributed by atoms with Crippen molar-refractivity contribution >= 4 is 66.5 Å². The molecule has 0 N–H and O–H groups in total. The van der Waals surface area contributed by atoms with Crippen LogP contribution in [-0.4, -0.2) is 16.2 Å². The van der Waals surface area contributed by atoms with Gasteiger partial charge >= 0.3 is 0 Å². The van der Waals surface area contributed by atoms with Gasteiger partial charge in [-0.25, -0.2) is 4.98 Å². The van der Waals surface area contributed by atoms with Crippen LogP contribution >= 0.6 is 0 Å². The van der Waals surface area contributed by atoms with Gasteiger partial charge in [-0.3, -0.25) is 4.57 Å². The van der Waals surface area contributed by atoms with Gasteiger partial charge in [0, 0.05) is 35.1 Å². The first-order valence-electron chi connectivity index (χ1n) is 21.1. The lowest BCUT2D eigenvalue weighted by atomic mass is 9.86. The van der Waals surface area contributed by atoms with E-state index in [2.05, 4.69) is 210 Å². The molecule has 0 atom stereocenters. The number of aromatic nitrogens is 2. The molecule has 60 heavy (non-hydrogen) atoms. The van der Waals surface area contributed by atoms with E-state index in [1.165, 1.54) is 39.1 Å². The second-order valence-electron chi connectivity index (χ2n) is 19.5. The Morgan fingerprint density at radius 1 is 0.550 bits per heavy atom. The van der Waals surface area contributed by atoms with E-state index in [0.717, 1.165) is 61.4 Å². The van der Waals surface area contributed by atoms with Crippen LogP contribution in [0.5, 0.6) is 11.5 Å². The lowest BCUT2D eigenvalue weighted by Gasteiger charge is -2.27. The molecule has 6 heteroatoms. The molecule has 0 bridgehead atoms. The van der Waals surface area contributed by atoms with E-state index in [9.17, 15) is 0 Å². The molecular weight excluding hydrogens is 737 g/mol. The van der Waals surface area contributed by atoms with Gasteiger partial charge in [-0.1, -0.05) is 117 Å². The number of ether oxygens (including phenoxy) is 1. The van der Waals surface area contributed by atoms with Gasteiger partial charge in [0.2, 0.25) is 0 Å². The lowest BCUT2D eigenvalue weighted by Crippen LogP contribution is -2.25. The van der Waals surface area contributed by atoms with E-state index in [4.69, 9.17) is 14.1 Å². The molecule has 300 valence electrons. The first kappa shape index (κ1) is 37.7. The molecule has 0 fully saturated rings. The smallest absolute Gasteiger partial charge is 0.161 e. The number of fused-ring (bicyclic) bond motifs is 8. The molecule has 6 nitrogen and oxygen atoms in total. The SMILES string of the molecule is CC(C)(C)c1cccc(N2CN(c3cc(Oc4ccc5c6oc7ccc8ccccc8c7c6n(-c6cc(C(C)(C)C)ccn6)c5c4)cc(C(C)(C)C)c3)c3ccccc32)c1. The van der Waals surface area contributed by atoms with Crippen LogP contribution in [0.2, 0.25) is 0 Å².